The topological polar surface area (TPSA) is 57.9 Å². The van der Waals surface area contributed by atoms with Gasteiger partial charge in [-0.15, -0.1) is 0 Å². The molecule has 1 rings (SSSR count). The van der Waals surface area contributed by atoms with E-state index in [0.29, 0.717) is 0 Å². The molecule has 0 aliphatic carbocycles. The molecule has 0 bridgehead atoms. The monoisotopic (exact) mass is 125 g/mol. The zero-order valence-electron chi connectivity index (χ0n) is 4.87. The number of rotatable bonds is 0. The van der Waals surface area contributed by atoms with Crippen LogP contribution in [0.4, 0.5) is 0 Å². The van der Waals surface area contributed by atoms with Crippen molar-refractivity contribution < 1.29 is 0 Å². The molecule has 0 unspecified atom stereocenters. The van der Waals surface area contributed by atoms with Gasteiger partial charge in [0.2, 0.25) is 0 Å². The van der Waals surface area contributed by atoms with Crippen molar-refractivity contribution in [3.8, 4) is 0 Å². The molecule has 9 heavy (non-hydrogen) atoms. The van der Waals surface area contributed by atoms with Crippen molar-refractivity contribution in [2.45, 2.75) is 6.92 Å². The van der Waals surface area contributed by atoms with Crippen molar-refractivity contribution in [1.29, 1.82) is 0 Å². The Morgan fingerprint density at radius 2 is 2.44 bits per heavy atom. The van der Waals surface area contributed by atoms with E-state index in [1.807, 2.05) is 0 Å². The summed E-state index contributed by atoms with van der Waals surface area (Å²) in [7, 11) is 0. The third kappa shape index (κ3) is 0.910. The summed E-state index contributed by atoms with van der Waals surface area (Å²) in [6, 6.07) is 0. The number of aryl methyl sites for hydroxylation is 1. The van der Waals surface area contributed by atoms with Crippen LogP contribution in [0.25, 0.3) is 0 Å². The maximum absolute atomic E-state index is 10.6. The largest absolute Gasteiger partial charge is 0.803 e. The summed E-state index contributed by atoms with van der Waals surface area (Å²) < 4.78 is 0.252. The van der Waals surface area contributed by atoms with Crippen molar-refractivity contribution in [1.82, 2.24) is 9.71 Å². The first-order chi connectivity index (χ1) is 4.22. The predicted molar refractivity (Wildman–Crippen MR) is 32.0 cm³/mol. The Bertz CT molecular complexity index is 243. The van der Waals surface area contributed by atoms with Crippen molar-refractivity contribution >= 4 is 0 Å². The lowest BCUT2D eigenvalue weighted by Gasteiger charge is -2.06. The van der Waals surface area contributed by atoms with E-state index in [2.05, 4.69) is 4.98 Å². The van der Waals surface area contributed by atoms with Gasteiger partial charge < -0.3 is 9.94 Å². The van der Waals surface area contributed by atoms with Crippen molar-refractivity contribution in [2.75, 3.05) is 0 Å². The molecule has 1 heterocycles. The molecule has 0 saturated carbocycles. The maximum Gasteiger partial charge on any atom is 0.267 e. The van der Waals surface area contributed by atoms with Crippen LogP contribution in [0.5, 0.6) is 0 Å². The van der Waals surface area contributed by atoms with Gasteiger partial charge in [0.1, 0.15) is 5.69 Å². The molecular formula is C5H5N2O2-. The highest BCUT2D eigenvalue weighted by atomic mass is 16.5. The summed E-state index contributed by atoms with van der Waals surface area (Å²) in [5.41, 5.74) is -0.356. The molecule has 1 aromatic heterocycles. The molecule has 0 amide bonds. The molecule has 4 heteroatoms. The molecule has 0 aliphatic rings. The van der Waals surface area contributed by atoms with E-state index < -0.39 is 5.56 Å². The van der Waals surface area contributed by atoms with Gasteiger partial charge in [0.15, 0.2) is 0 Å². The van der Waals surface area contributed by atoms with Crippen LogP contribution in [0.2, 0.25) is 0 Å². The normalized spacial score (nSPS) is 9.44. The Kier molecular flexibility index (Phi) is 1.22. The fourth-order valence-electron chi connectivity index (χ4n) is 0.488. The third-order valence-corrected chi connectivity index (χ3v) is 0.980. The summed E-state index contributed by atoms with van der Waals surface area (Å²) in [5.74, 6) is 0. The highest BCUT2D eigenvalue weighted by Crippen LogP contribution is 1.78. The molecule has 48 valence electrons. The summed E-state index contributed by atoms with van der Waals surface area (Å²) in [6.07, 6.45) is 2.37. The highest BCUT2D eigenvalue weighted by Gasteiger charge is 1.88. The van der Waals surface area contributed by atoms with E-state index in [-0.39, 0.29) is 10.4 Å². The zero-order chi connectivity index (χ0) is 6.85. The summed E-state index contributed by atoms with van der Waals surface area (Å²) in [6.45, 7) is 1.50. The molecule has 0 atom stereocenters. The minimum absolute atomic E-state index is 0.229. The van der Waals surface area contributed by atoms with Crippen LogP contribution in [0, 0.1) is 12.1 Å². The van der Waals surface area contributed by atoms with Crippen LogP contribution < -0.4 is 5.56 Å². The molecule has 0 spiro atoms. The van der Waals surface area contributed by atoms with Gasteiger partial charge in [-0.25, -0.2) is 0 Å². The number of hydrogen-bond donors (Lipinski definition) is 0. The van der Waals surface area contributed by atoms with Crippen LogP contribution in [-0.2, 0) is 0 Å². The predicted octanol–water partition coefficient (Wildman–Crippen LogP) is -0.102. The molecule has 0 fully saturated rings. The highest BCUT2D eigenvalue weighted by molar-refractivity contribution is 4.94. The fraction of sp³-hybridized carbons (Fsp3) is 0.200. The second-order valence-electron chi connectivity index (χ2n) is 1.64. The van der Waals surface area contributed by atoms with E-state index >= 15 is 0 Å². The van der Waals surface area contributed by atoms with Gasteiger partial charge in [0, 0.05) is 12.4 Å². The lowest BCUT2D eigenvalue weighted by molar-refractivity contribution is 0.931. The first-order valence-corrected chi connectivity index (χ1v) is 2.43. The van der Waals surface area contributed by atoms with E-state index in [4.69, 9.17) is 0 Å². The Morgan fingerprint density at radius 3 is 2.89 bits per heavy atom. The van der Waals surface area contributed by atoms with Crippen LogP contribution in [0.15, 0.2) is 17.2 Å². The molecular weight excluding hydrogens is 120 g/mol. The van der Waals surface area contributed by atoms with Gasteiger partial charge >= 0.3 is 0 Å². The minimum atomic E-state index is -0.586. The summed E-state index contributed by atoms with van der Waals surface area (Å²) in [5, 5.41) is 10.4. The van der Waals surface area contributed by atoms with Gasteiger partial charge in [0.25, 0.3) is 5.56 Å². The van der Waals surface area contributed by atoms with E-state index in [9.17, 15) is 10.0 Å². The SMILES string of the molecule is Cc1nccn([O-])c1=O. The maximum atomic E-state index is 10.6. The number of aromatic nitrogens is 2. The average Bonchev–Trinajstić information content (AvgIpc) is 1.83. The van der Waals surface area contributed by atoms with Crippen molar-refractivity contribution in [3.63, 3.8) is 0 Å². The van der Waals surface area contributed by atoms with Crippen LogP contribution >= 0.6 is 0 Å². The van der Waals surface area contributed by atoms with Crippen LogP contribution in [0.1, 0.15) is 5.69 Å². The van der Waals surface area contributed by atoms with Crippen molar-refractivity contribution in [3.05, 3.63) is 33.6 Å². The first-order valence-electron chi connectivity index (χ1n) is 2.43. The molecule has 4 nitrogen and oxygen atoms in total. The van der Waals surface area contributed by atoms with Gasteiger partial charge in [-0.2, -0.15) is 0 Å². The van der Waals surface area contributed by atoms with E-state index in [1.165, 1.54) is 13.1 Å². The smallest absolute Gasteiger partial charge is 0.267 e. The van der Waals surface area contributed by atoms with Crippen molar-refractivity contribution in [2.24, 2.45) is 0 Å². The van der Waals surface area contributed by atoms with Gasteiger partial charge in [-0.05, 0) is 6.92 Å². The Balaban J connectivity index is 3.43. The Hall–Kier alpha value is -1.32. The minimum Gasteiger partial charge on any atom is -0.803 e. The van der Waals surface area contributed by atoms with Gasteiger partial charge in [0.05, 0.1) is 0 Å². The summed E-state index contributed by atoms with van der Waals surface area (Å²) in [4.78, 5) is 14.2. The second kappa shape index (κ2) is 1.89. The Morgan fingerprint density at radius 1 is 1.78 bits per heavy atom. The molecule has 0 aliphatic heterocycles. The number of hydrogen-bond acceptors (Lipinski definition) is 3. The fourth-order valence-corrected chi connectivity index (χ4v) is 0.488. The van der Waals surface area contributed by atoms with Gasteiger partial charge in [-0.1, -0.05) is 0 Å². The second-order valence-corrected chi connectivity index (χ2v) is 1.64. The standard InChI is InChI=1S/C5H5N2O2/c1-4-5(8)7(9)3-2-6-4/h2-3H,1H3/q-1. The average molecular weight is 125 g/mol. The lowest BCUT2D eigenvalue weighted by atomic mass is 10.5. The van der Waals surface area contributed by atoms with Crippen LogP contribution in [-0.4, -0.2) is 9.71 Å². The Labute approximate surface area is 51.4 Å². The molecule has 0 aromatic carbocycles. The van der Waals surface area contributed by atoms with Gasteiger partial charge in [-0.3, -0.25) is 9.78 Å². The first kappa shape index (κ1) is 5.81. The molecule has 0 radical (unpaired) electrons. The van der Waals surface area contributed by atoms with E-state index in [1.54, 1.807) is 0 Å². The molecule has 1 aromatic rings. The quantitative estimate of drug-likeness (QED) is 0.486. The molecule has 0 saturated heterocycles. The van der Waals surface area contributed by atoms with E-state index in [0.717, 1.165) is 6.20 Å². The third-order valence-electron chi connectivity index (χ3n) is 0.980. The van der Waals surface area contributed by atoms with Crippen LogP contribution in [0.3, 0.4) is 0 Å². The lowest BCUT2D eigenvalue weighted by Crippen LogP contribution is -2.18. The number of nitrogens with zero attached hydrogens (tertiary/aromatic N) is 2. The molecule has 0 N–H and O–H groups in total. The zero-order valence-corrected chi connectivity index (χ0v) is 4.87. The summed E-state index contributed by atoms with van der Waals surface area (Å²) >= 11 is 0.